The van der Waals surface area contributed by atoms with E-state index in [1.807, 2.05) is 31.2 Å². The molecule has 1 aliphatic rings. The second-order valence-electron chi connectivity index (χ2n) is 6.17. The third kappa shape index (κ3) is 3.30. The smallest absolute Gasteiger partial charge is 0.263 e. The van der Waals surface area contributed by atoms with Crippen molar-refractivity contribution in [3.63, 3.8) is 0 Å². The molecule has 1 unspecified atom stereocenters. The molecule has 8 nitrogen and oxygen atoms in total. The molecular weight excluding hydrogens is 352 g/mol. The van der Waals surface area contributed by atoms with E-state index in [0.29, 0.717) is 16.7 Å². The van der Waals surface area contributed by atoms with E-state index in [-0.39, 0.29) is 11.9 Å². The molecule has 2 aromatic heterocycles. The van der Waals surface area contributed by atoms with Gasteiger partial charge in [-0.05, 0) is 54.5 Å². The molecule has 1 aromatic carbocycles. The van der Waals surface area contributed by atoms with Gasteiger partial charge in [0.2, 0.25) is 0 Å². The Kier molecular flexibility index (Phi) is 4.37. The molecule has 1 atom stereocenters. The minimum absolute atomic E-state index is 0.180. The highest BCUT2D eigenvalue weighted by atomic mass is 32.1. The number of rotatable bonds is 6. The van der Waals surface area contributed by atoms with Crippen LogP contribution in [0.25, 0.3) is 10.6 Å². The van der Waals surface area contributed by atoms with Crippen molar-refractivity contribution in [1.29, 1.82) is 0 Å². The quantitative estimate of drug-likeness (QED) is 0.717. The van der Waals surface area contributed by atoms with Crippen molar-refractivity contribution in [2.75, 3.05) is 7.11 Å². The first kappa shape index (κ1) is 16.6. The number of aromatic nitrogens is 5. The predicted octanol–water partition coefficient (Wildman–Crippen LogP) is 2.63. The zero-order valence-electron chi connectivity index (χ0n) is 14.4. The monoisotopic (exact) mass is 370 g/mol. The third-order valence-electron chi connectivity index (χ3n) is 4.21. The minimum atomic E-state index is -0.273. The van der Waals surface area contributed by atoms with Gasteiger partial charge in [-0.1, -0.05) is 0 Å². The standard InChI is InChI=1S/C17H18N6O2S/c1-10(15-20-21-22-23(15)12-5-6-12)19-16(24)14-9-18-17(26-14)11-3-7-13(25-2)8-4-11/h3-4,7-10,12H,5-6H2,1-2H3,(H,19,24). The Labute approximate surface area is 154 Å². The zero-order valence-corrected chi connectivity index (χ0v) is 15.2. The van der Waals surface area contributed by atoms with Crippen molar-refractivity contribution in [3.8, 4) is 16.3 Å². The highest BCUT2D eigenvalue weighted by Crippen LogP contribution is 2.35. The van der Waals surface area contributed by atoms with E-state index in [1.165, 1.54) is 11.3 Å². The lowest BCUT2D eigenvalue weighted by atomic mass is 10.2. The van der Waals surface area contributed by atoms with Crippen LogP contribution in [0.15, 0.2) is 30.5 Å². The Hall–Kier alpha value is -2.81. The number of nitrogens with zero attached hydrogens (tertiary/aromatic N) is 5. The molecule has 0 saturated heterocycles. The Bertz CT molecular complexity index is 915. The van der Waals surface area contributed by atoms with E-state index in [4.69, 9.17) is 4.74 Å². The number of methoxy groups -OCH3 is 1. The highest BCUT2D eigenvalue weighted by Gasteiger charge is 2.30. The largest absolute Gasteiger partial charge is 0.497 e. The summed E-state index contributed by atoms with van der Waals surface area (Å²) < 4.78 is 6.97. The number of nitrogens with one attached hydrogen (secondary N) is 1. The summed E-state index contributed by atoms with van der Waals surface area (Å²) >= 11 is 1.35. The molecule has 1 aliphatic carbocycles. The fraction of sp³-hybridized carbons (Fsp3) is 0.353. The summed E-state index contributed by atoms with van der Waals surface area (Å²) in [6.45, 7) is 1.88. The van der Waals surface area contributed by atoms with E-state index in [2.05, 4.69) is 25.8 Å². The van der Waals surface area contributed by atoms with Gasteiger partial charge in [0, 0.05) is 5.56 Å². The van der Waals surface area contributed by atoms with Gasteiger partial charge in [-0.25, -0.2) is 9.67 Å². The SMILES string of the molecule is COc1ccc(-c2ncc(C(=O)NC(C)c3nnnn3C3CC3)s2)cc1. The summed E-state index contributed by atoms with van der Waals surface area (Å²) in [6, 6.07) is 7.68. The summed E-state index contributed by atoms with van der Waals surface area (Å²) in [6.07, 6.45) is 3.76. The maximum atomic E-state index is 12.6. The van der Waals surface area contributed by atoms with Gasteiger partial charge in [0.25, 0.3) is 5.91 Å². The van der Waals surface area contributed by atoms with Crippen LogP contribution in [0.3, 0.4) is 0 Å². The molecule has 4 rings (SSSR count). The summed E-state index contributed by atoms with van der Waals surface area (Å²) in [5.74, 6) is 1.28. The van der Waals surface area contributed by atoms with E-state index < -0.39 is 0 Å². The number of thiazole rings is 1. The minimum Gasteiger partial charge on any atom is -0.497 e. The zero-order chi connectivity index (χ0) is 18.1. The Morgan fingerprint density at radius 2 is 2.12 bits per heavy atom. The average molecular weight is 370 g/mol. The number of hydrogen-bond donors (Lipinski definition) is 1. The first-order valence-corrected chi connectivity index (χ1v) is 9.16. The van der Waals surface area contributed by atoms with Crippen molar-refractivity contribution in [2.45, 2.75) is 31.8 Å². The summed E-state index contributed by atoms with van der Waals surface area (Å²) in [5, 5.41) is 15.6. The number of carbonyl (C=O) groups is 1. The molecule has 0 bridgehead atoms. The maximum absolute atomic E-state index is 12.6. The van der Waals surface area contributed by atoms with Crippen LogP contribution >= 0.6 is 11.3 Å². The lowest BCUT2D eigenvalue weighted by Gasteiger charge is -2.12. The second kappa shape index (κ2) is 6.83. The molecular formula is C17H18N6O2S. The van der Waals surface area contributed by atoms with E-state index in [0.717, 1.165) is 29.2 Å². The highest BCUT2D eigenvalue weighted by molar-refractivity contribution is 7.16. The van der Waals surface area contributed by atoms with Gasteiger partial charge in [0.05, 0.1) is 25.4 Å². The molecule has 1 amide bonds. The number of carbonyl (C=O) groups excluding carboxylic acids is 1. The van der Waals surface area contributed by atoms with E-state index >= 15 is 0 Å². The van der Waals surface area contributed by atoms with Gasteiger partial charge in [-0.3, -0.25) is 4.79 Å². The number of ether oxygens (including phenoxy) is 1. The number of benzene rings is 1. The molecule has 0 radical (unpaired) electrons. The normalized spacial score (nSPS) is 14.8. The Morgan fingerprint density at radius 3 is 2.81 bits per heavy atom. The van der Waals surface area contributed by atoms with Gasteiger partial charge in [-0.15, -0.1) is 16.4 Å². The van der Waals surface area contributed by atoms with Crippen LogP contribution in [-0.4, -0.2) is 38.2 Å². The summed E-state index contributed by atoms with van der Waals surface area (Å²) in [5.41, 5.74) is 0.945. The second-order valence-corrected chi connectivity index (χ2v) is 7.20. The van der Waals surface area contributed by atoms with Crippen LogP contribution in [-0.2, 0) is 0 Å². The first-order valence-electron chi connectivity index (χ1n) is 8.34. The first-order chi connectivity index (χ1) is 12.7. The molecule has 134 valence electrons. The Morgan fingerprint density at radius 1 is 1.35 bits per heavy atom. The number of tetrazole rings is 1. The van der Waals surface area contributed by atoms with Crippen LogP contribution in [0.4, 0.5) is 0 Å². The molecule has 1 saturated carbocycles. The van der Waals surface area contributed by atoms with Gasteiger partial charge >= 0.3 is 0 Å². The molecule has 3 aromatic rings. The van der Waals surface area contributed by atoms with Crippen LogP contribution in [0.1, 0.15) is 47.3 Å². The van der Waals surface area contributed by atoms with Crippen molar-refractivity contribution in [1.82, 2.24) is 30.5 Å². The molecule has 1 N–H and O–H groups in total. The molecule has 1 fully saturated rings. The van der Waals surface area contributed by atoms with Crippen LogP contribution in [0, 0.1) is 0 Å². The van der Waals surface area contributed by atoms with Crippen molar-refractivity contribution < 1.29 is 9.53 Å². The van der Waals surface area contributed by atoms with Crippen LogP contribution in [0.2, 0.25) is 0 Å². The molecule has 26 heavy (non-hydrogen) atoms. The summed E-state index contributed by atoms with van der Waals surface area (Å²) in [7, 11) is 1.63. The van der Waals surface area contributed by atoms with Gasteiger partial charge in [0.1, 0.15) is 15.6 Å². The average Bonchev–Trinajstić information content (AvgIpc) is 3.19. The van der Waals surface area contributed by atoms with Crippen molar-refractivity contribution >= 4 is 17.2 Å². The molecule has 2 heterocycles. The lowest BCUT2D eigenvalue weighted by molar-refractivity contribution is 0.0941. The fourth-order valence-electron chi connectivity index (χ4n) is 2.64. The molecule has 9 heteroatoms. The van der Waals surface area contributed by atoms with Crippen molar-refractivity contribution in [3.05, 3.63) is 41.2 Å². The topological polar surface area (TPSA) is 94.8 Å². The van der Waals surface area contributed by atoms with Crippen molar-refractivity contribution in [2.24, 2.45) is 0 Å². The number of amides is 1. The van der Waals surface area contributed by atoms with Gasteiger partial charge in [0.15, 0.2) is 5.82 Å². The van der Waals surface area contributed by atoms with Crippen LogP contribution < -0.4 is 10.1 Å². The van der Waals surface area contributed by atoms with E-state index in [1.54, 1.807) is 18.0 Å². The predicted molar refractivity (Wildman–Crippen MR) is 96.1 cm³/mol. The van der Waals surface area contributed by atoms with Gasteiger partial charge in [-0.2, -0.15) is 0 Å². The molecule has 0 aliphatic heterocycles. The number of hydrogen-bond acceptors (Lipinski definition) is 7. The van der Waals surface area contributed by atoms with Crippen LogP contribution in [0.5, 0.6) is 5.75 Å². The molecule has 0 spiro atoms. The Balaban J connectivity index is 1.46. The lowest BCUT2D eigenvalue weighted by Crippen LogP contribution is -2.28. The maximum Gasteiger partial charge on any atom is 0.263 e. The fourth-order valence-corrected chi connectivity index (χ4v) is 3.47. The van der Waals surface area contributed by atoms with Gasteiger partial charge < -0.3 is 10.1 Å². The third-order valence-corrected chi connectivity index (χ3v) is 5.26. The van der Waals surface area contributed by atoms with E-state index in [9.17, 15) is 4.79 Å². The summed E-state index contributed by atoms with van der Waals surface area (Å²) in [4.78, 5) is 17.5.